The highest BCUT2D eigenvalue weighted by Crippen LogP contribution is 2.27. The molecule has 1 unspecified atom stereocenters. The topological polar surface area (TPSA) is 52.6 Å². The number of amides is 2. The van der Waals surface area contributed by atoms with Crippen LogP contribution in [-0.2, 0) is 0 Å². The summed E-state index contributed by atoms with van der Waals surface area (Å²) < 4.78 is 26.4. The van der Waals surface area contributed by atoms with Gasteiger partial charge in [0.2, 0.25) is 0 Å². The third-order valence-electron chi connectivity index (χ3n) is 3.09. The van der Waals surface area contributed by atoms with Crippen LogP contribution >= 0.6 is 11.6 Å². The number of urea groups is 1. The van der Waals surface area contributed by atoms with Crippen molar-refractivity contribution in [3.05, 3.63) is 28.8 Å². The summed E-state index contributed by atoms with van der Waals surface area (Å²) in [5.41, 5.74) is -0.253. The van der Waals surface area contributed by atoms with E-state index in [0.29, 0.717) is 19.0 Å². The fourth-order valence-corrected chi connectivity index (χ4v) is 2.37. The van der Waals surface area contributed by atoms with Gasteiger partial charge in [0.15, 0.2) is 5.82 Å². The number of aliphatic hydroxyl groups excluding tert-OH is 1. The monoisotopic (exact) mass is 290 g/mol. The Hall–Kier alpha value is -1.40. The number of likely N-dealkylation sites (tertiary alicyclic amines) is 1. The number of anilines is 1. The summed E-state index contributed by atoms with van der Waals surface area (Å²) in [6.45, 7) is 0.338. The maximum Gasteiger partial charge on any atom is 0.322 e. The van der Waals surface area contributed by atoms with Crippen LogP contribution in [0, 0.1) is 11.6 Å². The van der Waals surface area contributed by atoms with E-state index in [2.05, 4.69) is 5.32 Å². The van der Waals surface area contributed by atoms with Gasteiger partial charge in [0, 0.05) is 12.6 Å². The van der Waals surface area contributed by atoms with Gasteiger partial charge in [-0.3, -0.25) is 0 Å². The number of benzene rings is 1. The van der Waals surface area contributed by atoms with Crippen LogP contribution in [0.2, 0.25) is 5.02 Å². The van der Waals surface area contributed by atoms with E-state index >= 15 is 0 Å². The number of halogens is 3. The van der Waals surface area contributed by atoms with Crippen LogP contribution in [0.4, 0.5) is 19.3 Å². The average molecular weight is 291 g/mol. The molecule has 1 aromatic rings. The normalized spacial score (nSPS) is 18.7. The fraction of sp³-hybridized carbons (Fsp3) is 0.417. The Balaban J connectivity index is 2.15. The van der Waals surface area contributed by atoms with Crippen molar-refractivity contribution >= 4 is 23.3 Å². The lowest BCUT2D eigenvalue weighted by atomic mass is 10.2. The molecular weight excluding hydrogens is 278 g/mol. The van der Waals surface area contributed by atoms with E-state index in [4.69, 9.17) is 16.7 Å². The summed E-state index contributed by atoms with van der Waals surface area (Å²) in [4.78, 5) is 13.4. The van der Waals surface area contributed by atoms with Crippen LogP contribution in [0.5, 0.6) is 0 Å². The molecule has 0 aromatic heterocycles. The molecule has 7 heteroatoms. The summed E-state index contributed by atoms with van der Waals surface area (Å²) in [7, 11) is 0. The molecule has 1 heterocycles. The summed E-state index contributed by atoms with van der Waals surface area (Å²) in [6, 6.07) is 0.745. The first-order valence-corrected chi connectivity index (χ1v) is 6.23. The molecule has 1 aliphatic heterocycles. The Morgan fingerprint density at radius 1 is 1.53 bits per heavy atom. The quantitative estimate of drug-likeness (QED) is 0.880. The van der Waals surface area contributed by atoms with Crippen molar-refractivity contribution in [1.29, 1.82) is 0 Å². The Morgan fingerprint density at radius 2 is 2.26 bits per heavy atom. The van der Waals surface area contributed by atoms with Gasteiger partial charge in [-0.2, -0.15) is 0 Å². The molecule has 0 spiro atoms. The van der Waals surface area contributed by atoms with Crippen LogP contribution < -0.4 is 5.32 Å². The predicted molar refractivity (Wildman–Crippen MR) is 67.2 cm³/mol. The third-order valence-corrected chi connectivity index (χ3v) is 3.39. The van der Waals surface area contributed by atoms with E-state index in [1.807, 2.05) is 0 Å². The summed E-state index contributed by atoms with van der Waals surface area (Å²) in [6.07, 6.45) is 1.47. The summed E-state index contributed by atoms with van der Waals surface area (Å²) in [5, 5.41) is 11.2. The number of carbonyl (C=O) groups excluding carboxylic acids is 1. The first-order valence-electron chi connectivity index (χ1n) is 5.86. The molecule has 0 radical (unpaired) electrons. The van der Waals surface area contributed by atoms with Crippen LogP contribution in [0.15, 0.2) is 12.1 Å². The molecule has 1 aromatic carbocycles. The van der Waals surface area contributed by atoms with E-state index in [9.17, 15) is 13.6 Å². The minimum atomic E-state index is -0.932. The van der Waals surface area contributed by atoms with Gasteiger partial charge in [-0.1, -0.05) is 11.6 Å². The first-order chi connectivity index (χ1) is 9.02. The summed E-state index contributed by atoms with van der Waals surface area (Å²) >= 11 is 5.69. The second-order valence-electron chi connectivity index (χ2n) is 4.35. The third kappa shape index (κ3) is 2.96. The lowest BCUT2D eigenvalue weighted by Crippen LogP contribution is -2.40. The van der Waals surface area contributed by atoms with E-state index in [-0.39, 0.29) is 23.4 Å². The Kier molecular flexibility index (Phi) is 4.21. The molecule has 0 bridgehead atoms. The molecule has 1 fully saturated rings. The van der Waals surface area contributed by atoms with Crippen molar-refractivity contribution in [2.24, 2.45) is 0 Å². The molecule has 1 saturated heterocycles. The number of nitrogens with zero attached hydrogens (tertiary/aromatic N) is 1. The number of hydrogen-bond donors (Lipinski definition) is 2. The van der Waals surface area contributed by atoms with Gasteiger partial charge in [0.25, 0.3) is 0 Å². The number of carbonyl (C=O) groups is 1. The molecule has 104 valence electrons. The number of aliphatic hydroxyl groups is 1. The zero-order valence-electron chi connectivity index (χ0n) is 10.00. The molecule has 1 atom stereocenters. The van der Waals surface area contributed by atoms with Crippen LogP contribution in [0.1, 0.15) is 12.8 Å². The van der Waals surface area contributed by atoms with E-state index in [1.54, 1.807) is 0 Å². The second-order valence-corrected chi connectivity index (χ2v) is 4.75. The second kappa shape index (κ2) is 5.71. The highest BCUT2D eigenvalue weighted by molar-refractivity contribution is 6.33. The van der Waals surface area contributed by atoms with Crippen molar-refractivity contribution in [2.75, 3.05) is 18.5 Å². The van der Waals surface area contributed by atoms with Gasteiger partial charge in [-0.15, -0.1) is 0 Å². The molecule has 2 N–H and O–H groups in total. The number of nitrogens with one attached hydrogen (secondary N) is 1. The van der Waals surface area contributed by atoms with Crippen molar-refractivity contribution in [3.8, 4) is 0 Å². The van der Waals surface area contributed by atoms with Gasteiger partial charge < -0.3 is 15.3 Å². The van der Waals surface area contributed by atoms with Crippen molar-refractivity contribution in [2.45, 2.75) is 18.9 Å². The van der Waals surface area contributed by atoms with E-state index in [0.717, 1.165) is 12.5 Å². The van der Waals surface area contributed by atoms with Gasteiger partial charge >= 0.3 is 6.03 Å². The van der Waals surface area contributed by atoms with Crippen molar-refractivity contribution < 1.29 is 18.7 Å². The zero-order valence-corrected chi connectivity index (χ0v) is 10.8. The Labute approximate surface area is 114 Å². The Bertz CT molecular complexity index is 476. The maximum absolute atomic E-state index is 13.5. The molecule has 1 aliphatic rings. The van der Waals surface area contributed by atoms with Crippen molar-refractivity contribution in [1.82, 2.24) is 4.90 Å². The maximum atomic E-state index is 13.5. The smallest absolute Gasteiger partial charge is 0.322 e. The number of hydrogen-bond acceptors (Lipinski definition) is 2. The number of rotatable bonds is 2. The molecule has 19 heavy (non-hydrogen) atoms. The van der Waals surface area contributed by atoms with Crippen LogP contribution in [0.25, 0.3) is 0 Å². The standard InChI is InChI=1S/C12H13ClF2N2O2/c13-9-4-7(14)5-10(15)11(9)16-12(19)17-3-1-2-8(17)6-18/h4-5,8,18H,1-3,6H2,(H,16,19). The lowest BCUT2D eigenvalue weighted by Gasteiger charge is -2.23. The minimum Gasteiger partial charge on any atom is -0.394 e. The molecule has 0 saturated carbocycles. The van der Waals surface area contributed by atoms with E-state index in [1.165, 1.54) is 4.90 Å². The van der Waals surface area contributed by atoms with E-state index < -0.39 is 17.7 Å². The molecule has 0 aliphatic carbocycles. The van der Waals surface area contributed by atoms with Crippen LogP contribution in [0.3, 0.4) is 0 Å². The van der Waals surface area contributed by atoms with Gasteiger partial charge in [-0.25, -0.2) is 13.6 Å². The largest absolute Gasteiger partial charge is 0.394 e. The fourth-order valence-electron chi connectivity index (χ4n) is 2.13. The van der Waals surface area contributed by atoms with Gasteiger partial charge in [0.05, 0.1) is 23.4 Å². The highest BCUT2D eigenvalue weighted by Gasteiger charge is 2.28. The lowest BCUT2D eigenvalue weighted by molar-refractivity contribution is 0.166. The average Bonchev–Trinajstić information content (AvgIpc) is 2.81. The van der Waals surface area contributed by atoms with Crippen LogP contribution in [-0.4, -0.2) is 35.2 Å². The zero-order chi connectivity index (χ0) is 14.0. The predicted octanol–water partition coefficient (Wildman–Crippen LogP) is 2.61. The molecular formula is C12H13ClF2N2O2. The van der Waals surface area contributed by atoms with Crippen molar-refractivity contribution in [3.63, 3.8) is 0 Å². The summed E-state index contributed by atoms with van der Waals surface area (Å²) in [5.74, 6) is -1.74. The highest BCUT2D eigenvalue weighted by atomic mass is 35.5. The SMILES string of the molecule is O=C(Nc1c(F)cc(F)cc1Cl)N1CCCC1CO. The molecule has 2 rings (SSSR count). The van der Waals surface area contributed by atoms with Gasteiger partial charge in [0.1, 0.15) is 5.82 Å². The molecule has 4 nitrogen and oxygen atoms in total. The van der Waals surface area contributed by atoms with Gasteiger partial charge in [-0.05, 0) is 18.9 Å². The molecule has 2 amide bonds. The Morgan fingerprint density at radius 3 is 2.89 bits per heavy atom. The first kappa shape index (κ1) is 14.0. The minimum absolute atomic E-state index is 0.146.